The van der Waals surface area contributed by atoms with Gasteiger partial charge in [0.05, 0.1) is 29.7 Å². The molecular weight excluding hydrogens is 244 g/mol. The quantitative estimate of drug-likeness (QED) is 0.861. The normalized spacial score (nSPS) is 12.9. The highest BCUT2D eigenvalue weighted by Gasteiger charge is 2.18. The van der Waals surface area contributed by atoms with Gasteiger partial charge in [0.15, 0.2) is 5.82 Å². The number of aliphatic hydroxyl groups is 1. The van der Waals surface area contributed by atoms with E-state index >= 15 is 0 Å². The minimum atomic E-state index is -2.74. The Bertz CT molecular complexity index is 555. The Hall–Kier alpha value is -2.09. The van der Waals surface area contributed by atoms with Crippen LogP contribution < -0.4 is 5.73 Å². The first-order valence-electron chi connectivity index (χ1n) is 5.13. The number of hydrogen-bond donors (Lipinski definition) is 2. The molecule has 0 bridgehead atoms. The smallest absolute Gasteiger partial charge is 0.267 e. The third-order valence-corrected chi connectivity index (χ3v) is 2.28. The Morgan fingerprint density at radius 3 is 2.67 bits per heavy atom. The minimum Gasteiger partial charge on any atom is -0.397 e. The van der Waals surface area contributed by atoms with Crippen LogP contribution in [0.5, 0.6) is 0 Å². The van der Waals surface area contributed by atoms with Crippen molar-refractivity contribution in [3.8, 4) is 5.82 Å². The summed E-state index contributed by atoms with van der Waals surface area (Å²) in [5.74, 6) is -0.105. The highest BCUT2D eigenvalue weighted by Crippen LogP contribution is 2.25. The molecule has 2 aromatic heterocycles. The van der Waals surface area contributed by atoms with E-state index in [0.717, 1.165) is 10.9 Å². The van der Waals surface area contributed by atoms with Crippen molar-refractivity contribution in [1.29, 1.82) is 0 Å². The minimum absolute atomic E-state index is 0.105. The molecule has 0 amide bonds. The van der Waals surface area contributed by atoms with Crippen molar-refractivity contribution in [2.24, 2.45) is 0 Å². The van der Waals surface area contributed by atoms with Gasteiger partial charge in [-0.25, -0.2) is 13.8 Å². The molecule has 0 radical (unpaired) electrons. The van der Waals surface area contributed by atoms with Gasteiger partial charge in [-0.15, -0.1) is 9.90 Å². The molecule has 0 aliphatic rings. The number of hydrogen-bond acceptors (Lipinski definition) is 5. The Kier molecular flexibility index (Phi) is 3.19. The van der Waals surface area contributed by atoms with Crippen molar-refractivity contribution in [2.75, 3.05) is 5.73 Å². The van der Waals surface area contributed by atoms with Crippen LogP contribution in [0.2, 0.25) is 0 Å². The monoisotopic (exact) mass is 255 g/mol. The van der Waals surface area contributed by atoms with Gasteiger partial charge in [0.25, 0.3) is 6.43 Å². The Morgan fingerprint density at radius 1 is 1.39 bits per heavy atom. The first kappa shape index (κ1) is 12.4. The van der Waals surface area contributed by atoms with Crippen LogP contribution in [0.3, 0.4) is 0 Å². The summed E-state index contributed by atoms with van der Waals surface area (Å²) in [5, 5.41) is 17.0. The van der Waals surface area contributed by atoms with Gasteiger partial charge in [-0.05, 0) is 13.0 Å². The van der Waals surface area contributed by atoms with Crippen LogP contribution >= 0.6 is 0 Å². The fourth-order valence-electron chi connectivity index (χ4n) is 1.39. The fourth-order valence-corrected chi connectivity index (χ4v) is 1.39. The zero-order valence-corrected chi connectivity index (χ0v) is 9.46. The average Bonchev–Trinajstić information content (AvgIpc) is 2.78. The molecule has 2 heterocycles. The maximum Gasteiger partial charge on any atom is 0.267 e. The van der Waals surface area contributed by atoms with E-state index in [-0.39, 0.29) is 22.8 Å². The van der Waals surface area contributed by atoms with Crippen molar-refractivity contribution in [3.63, 3.8) is 0 Å². The van der Waals surface area contributed by atoms with Crippen LogP contribution in [0.25, 0.3) is 5.82 Å². The van der Waals surface area contributed by atoms with E-state index in [9.17, 15) is 13.9 Å². The molecule has 2 rings (SSSR count). The van der Waals surface area contributed by atoms with Gasteiger partial charge in [0.2, 0.25) is 0 Å². The SMILES string of the molecule is CC(O)c1cnn(-c2ncc(N)cc2C(F)F)n1. The largest absolute Gasteiger partial charge is 0.397 e. The summed E-state index contributed by atoms with van der Waals surface area (Å²) in [6.45, 7) is 1.50. The van der Waals surface area contributed by atoms with Crippen LogP contribution in [-0.2, 0) is 0 Å². The predicted octanol–water partition coefficient (Wildman–Crippen LogP) is 1.24. The van der Waals surface area contributed by atoms with E-state index in [0.29, 0.717) is 0 Å². The second kappa shape index (κ2) is 4.65. The van der Waals surface area contributed by atoms with E-state index in [4.69, 9.17) is 5.73 Å². The van der Waals surface area contributed by atoms with Crippen molar-refractivity contribution >= 4 is 5.69 Å². The molecule has 0 aliphatic heterocycles. The summed E-state index contributed by atoms with van der Waals surface area (Å²) in [6.07, 6.45) is -1.04. The summed E-state index contributed by atoms with van der Waals surface area (Å²) in [7, 11) is 0. The molecule has 1 unspecified atom stereocenters. The number of aliphatic hydroxyl groups excluding tert-OH is 1. The van der Waals surface area contributed by atoms with E-state index < -0.39 is 12.5 Å². The molecule has 2 aromatic rings. The zero-order chi connectivity index (χ0) is 13.3. The highest BCUT2D eigenvalue weighted by molar-refractivity contribution is 5.45. The third-order valence-electron chi connectivity index (χ3n) is 2.28. The zero-order valence-electron chi connectivity index (χ0n) is 9.46. The number of nitrogen functional groups attached to an aromatic ring is 1. The first-order valence-corrected chi connectivity index (χ1v) is 5.13. The molecule has 0 saturated heterocycles. The number of anilines is 1. The van der Waals surface area contributed by atoms with Gasteiger partial charge in [-0.3, -0.25) is 0 Å². The van der Waals surface area contributed by atoms with E-state index in [1.807, 2.05) is 0 Å². The predicted molar refractivity (Wildman–Crippen MR) is 59.2 cm³/mol. The second-order valence-corrected chi connectivity index (χ2v) is 3.72. The molecule has 0 spiro atoms. The van der Waals surface area contributed by atoms with Crippen molar-refractivity contribution in [1.82, 2.24) is 20.0 Å². The summed E-state index contributed by atoms with van der Waals surface area (Å²) in [4.78, 5) is 4.74. The van der Waals surface area contributed by atoms with Crippen molar-refractivity contribution in [3.05, 3.63) is 29.7 Å². The van der Waals surface area contributed by atoms with Crippen molar-refractivity contribution in [2.45, 2.75) is 19.5 Å². The first-order chi connectivity index (χ1) is 8.49. The maximum atomic E-state index is 12.8. The number of rotatable bonds is 3. The lowest BCUT2D eigenvalue weighted by molar-refractivity contribution is 0.150. The molecule has 0 aromatic carbocycles. The molecule has 0 aliphatic carbocycles. The molecule has 8 heteroatoms. The van der Waals surface area contributed by atoms with Crippen molar-refractivity contribution < 1.29 is 13.9 Å². The lowest BCUT2D eigenvalue weighted by atomic mass is 10.2. The fraction of sp³-hybridized carbons (Fsp3) is 0.300. The van der Waals surface area contributed by atoms with Gasteiger partial charge in [0, 0.05) is 0 Å². The number of nitrogens with zero attached hydrogens (tertiary/aromatic N) is 4. The van der Waals surface area contributed by atoms with E-state index in [1.165, 1.54) is 19.3 Å². The number of alkyl halides is 2. The van der Waals surface area contributed by atoms with Crippen LogP contribution in [0, 0.1) is 0 Å². The Labute approximate surface area is 101 Å². The molecule has 0 saturated carbocycles. The molecule has 6 nitrogen and oxygen atoms in total. The topological polar surface area (TPSA) is 89.9 Å². The lowest BCUT2D eigenvalue weighted by Crippen LogP contribution is -2.08. The number of pyridine rings is 1. The van der Waals surface area contributed by atoms with Crippen LogP contribution in [0.4, 0.5) is 14.5 Å². The Morgan fingerprint density at radius 2 is 2.11 bits per heavy atom. The van der Waals surface area contributed by atoms with E-state index in [1.54, 1.807) is 0 Å². The molecule has 96 valence electrons. The van der Waals surface area contributed by atoms with Crippen LogP contribution in [0.15, 0.2) is 18.5 Å². The molecule has 18 heavy (non-hydrogen) atoms. The lowest BCUT2D eigenvalue weighted by Gasteiger charge is -2.07. The average molecular weight is 255 g/mol. The van der Waals surface area contributed by atoms with Gasteiger partial charge < -0.3 is 10.8 Å². The molecule has 3 N–H and O–H groups in total. The maximum absolute atomic E-state index is 12.8. The van der Waals surface area contributed by atoms with Gasteiger partial charge in [-0.2, -0.15) is 5.10 Å². The third kappa shape index (κ3) is 2.28. The molecule has 1 atom stereocenters. The van der Waals surface area contributed by atoms with E-state index in [2.05, 4.69) is 15.2 Å². The number of nitrogens with two attached hydrogens (primary N) is 1. The number of aromatic nitrogens is 4. The summed E-state index contributed by atoms with van der Waals surface area (Å²) in [5.41, 5.74) is 5.46. The van der Waals surface area contributed by atoms with Crippen LogP contribution in [-0.4, -0.2) is 25.1 Å². The second-order valence-electron chi connectivity index (χ2n) is 3.72. The molecule has 0 fully saturated rings. The summed E-state index contributed by atoms with van der Waals surface area (Å²) >= 11 is 0. The highest BCUT2D eigenvalue weighted by atomic mass is 19.3. The summed E-state index contributed by atoms with van der Waals surface area (Å²) in [6, 6.07) is 1.12. The standard InChI is InChI=1S/C10H11F2N5O/c1-5(18)8-4-15-17(16-8)10-7(9(11)12)2-6(13)3-14-10/h2-5,9,18H,13H2,1H3. The summed E-state index contributed by atoms with van der Waals surface area (Å²) < 4.78 is 25.7. The van der Waals surface area contributed by atoms with Crippen LogP contribution in [0.1, 0.15) is 30.7 Å². The molecular formula is C10H11F2N5O. The van der Waals surface area contributed by atoms with Gasteiger partial charge in [-0.1, -0.05) is 0 Å². The van der Waals surface area contributed by atoms with Gasteiger partial charge >= 0.3 is 0 Å². The van der Waals surface area contributed by atoms with Gasteiger partial charge in [0.1, 0.15) is 5.69 Å². The Balaban J connectivity index is 2.49. The number of halogens is 2.